The Morgan fingerprint density at radius 1 is 1.17 bits per heavy atom. The van der Waals surface area contributed by atoms with Gasteiger partial charge in [0, 0.05) is 30.1 Å². The van der Waals surface area contributed by atoms with Gasteiger partial charge < -0.3 is 15.0 Å². The Kier molecular flexibility index (Phi) is 7.85. The molecule has 4 heterocycles. The molecule has 0 atom stereocenters. The highest BCUT2D eigenvalue weighted by Crippen LogP contribution is 2.23. The summed E-state index contributed by atoms with van der Waals surface area (Å²) < 4.78 is 33.6. The van der Waals surface area contributed by atoms with Gasteiger partial charge in [-0.05, 0) is 37.2 Å². The summed E-state index contributed by atoms with van der Waals surface area (Å²) in [6.07, 6.45) is 4.69. The molecule has 12 heteroatoms. The predicted molar refractivity (Wildman–Crippen MR) is 139 cm³/mol. The number of fused-ring (bicyclic) bond motifs is 1. The van der Waals surface area contributed by atoms with Crippen molar-refractivity contribution in [3.8, 4) is 17.1 Å². The molecule has 0 aliphatic rings. The van der Waals surface area contributed by atoms with E-state index in [0.717, 1.165) is 29.4 Å². The highest BCUT2D eigenvalue weighted by Gasteiger charge is 2.18. The Labute approximate surface area is 211 Å². The van der Waals surface area contributed by atoms with Crippen LogP contribution in [-0.2, 0) is 10.0 Å². The summed E-state index contributed by atoms with van der Waals surface area (Å²) in [6, 6.07) is 9.13. The smallest absolute Gasteiger partial charge is 0.254 e. The maximum atomic E-state index is 12.6. The van der Waals surface area contributed by atoms with Crippen molar-refractivity contribution in [2.45, 2.75) is 27.7 Å². The molecule has 0 bridgehead atoms. The van der Waals surface area contributed by atoms with Crippen molar-refractivity contribution >= 4 is 27.3 Å². The second-order valence-corrected chi connectivity index (χ2v) is 10.6. The van der Waals surface area contributed by atoms with Crippen molar-refractivity contribution in [1.29, 1.82) is 0 Å². The number of nitrogens with zero attached hydrogens (tertiary/aromatic N) is 7. The third kappa shape index (κ3) is 6.00. The predicted octanol–water partition coefficient (Wildman–Crippen LogP) is 3.29. The molecule has 4 aromatic heterocycles. The van der Waals surface area contributed by atoms with Gasteiger partial charge in [0.05, 0.1) is 23.8 Å². The molecule has 4 aromatic rings. The molecule has 0 amide bonds. The van der Waals surface area contributed by atoms with Crippen LogP contribution in [0.15, 0.2) is 48.9 Å². The molecule has 192 valence electrons. The van der Waals surface area contributed by atoms with Gasteiger partial charge >= 0.3 is 0 Å². The molecule has 0 aliphatic carbocycles. The van der Waals surface area contributed by atoms with E-state index >= 15 is 0 Å². The largest absolute Gasteiger partial charge is 0.476 e. The average molecular weight is 513 g/mol. The zero-order valence-corrected chi connectivity index (χ0v) is 21.8. The molecular formula is C24H32N8O3S. The molecular weight excluding hydrogens is 480 g/mol. The quantitative estimate of drug-likeness (QED) is 0.305. The van der Waals surface area contributed by atoms with Crippen LogP contribution < -0.4 is 10.1 Å². The lowest BCUT2D eigenvalue weighted by Crippen LogP contribution is -2.28. The van der Waals surface area contributed by atoms with Crippen molar-refractivity contribution in [1.82, 2.24) is 33.7 Å². The fraction of sp³-hybridized carbons (Fsp3) is 0.417. The molecule has 4 rings (SSSR count). The number of hydrogen-bond donors (Lipinski definition) is 1. The Morgan fingerprint density at radius 2 is 1.97 bits per heavy atom. The van der Waals surface area contributed by atoms with E-state index in [-0.39, 0.29) is 11.7 Å². The summed E-state index contributed by atoms with van der Waals surface area (Å²) in [6.45, 7) is 11.3. The molecule has 0 aromatic carbocycles. The summed E-state index contributed by atoms with van der Waals surface area (Å²) in [5.74, 6) is 0.925. The fourth-order valence-electron chi connectivity index (χ4n) is 3.78. The summed E-state index contributed by atoms with van der Waals surface area (Å²) in [7, 11) is -3.53. The zero-order chi connectivity index (χ0) is 25.7. The highest BCUT2D eigenvalue weighted by atomic mass is 32.2. The highest BCUT2D eigenvalue weighted by molar-refractivity contribution is 7.89. The van der Waals surface area contributed by atoms with E-state index in [2.05, 4.69) is 44.2 Å². The molecule has 0 unspecified atom stereocenters. The van der Waals surface area contributed by atoms with Gasteiger partial charge in [-0.25, -0.2) is 17.9 Å². The summed E-state index contributed by atoms with van der Waals surface area (Å²) in [5.41, 5.74) is 2.65. The van der Waals surface area contributed by atoms with Gasteiger partial charge in [-0.15, -0.1) is 5.10 Å². The summed E-state index contributed by atoms with van der Waals surface area (Å²) in [4.78, 5) is 11.1. The molecule has 0 radical (unpaired) electrons. The van der Waals surface area contributed by atoms with Crippen molar-refractivity contribution in [2.24, 2.45) is 5.92 Å². The van der Waals surface area contributed by atoms with E-state index in [1.54, 1.807) is 16.8 Å². The first-order valence-electron chi connectivity index (χ1n) is 12.0. The minimum Gasteiger partial charge on any atom is -0.476 e. The van der Waals surface area contributed by atoms with Crippen LogP contribution in [-0.4, -0.2) is 74.1 Å². The molecule has 0 saturated carbocycles. The van der Waals surface area contributed by atoms with E-state index < -0.39 is 10.0 Å². The Bertz CT molecular complexity index is 1410. The van der Waals surface area contributed by atoms with Crippen LogP contribution in [0.4, 0.5) is 11.6 Å². The van der Waals surface area contributed by atoms with Gasteiger partial charge in [-0.2, -0.15) is 14.2 Å². The van der Waals surface area contributed by atoms with E-state index in [1.165, 1.54) is 12.4 Å². The standard InChI is InChI=1S/C24H32N8O3S/c1-5-30(6-2)12-13-35-23-14-20(10-11-25-23)27-24-28-22-9-7-8-21(32(22)29-24)19-15-26-31(16-19)36(33,34)17-18(3)4/h7-11,14-16,18H,5-6,12-13,17H2,1-4H3,(H,25,27,29). The number of hydrogen-bond acceptors (Lipinski definition) is 9. The lowest BCUT2D eigenvalue weighted by molar-refractivity contribution is 0.218. The van der Waals surface area contributed by atoms with Crippen LogP contribution in [0.5, 0.6) is 5.88 Å². The van der Waals surface area contributed by atoms with Crippen LogP contribution in [0, 0.1) is 5.92 Å². The number of aromatic nitrogens is 6. The normalized spacial score (nSPS) is 12.1. The van der Waals surface area contributed by atoms with Crippen LogP contribution in [0.3, 0.4) is 0 Å². The summed E-state index contributed by atoms with van der Waals surface area (Å²) in [5, 5.41) is 11.9. The molecule has 0 fully saturated rings. The third-order valence-electron chi connectivity index (χ3n) is 5.59. The number of anilines is 2. The molecule has 11 nitrogen and oxygen atoms in total. The van der Waals surface area contributed by atoms with E-state index in [0.29, 0.717) is 35.3 Å². The molecule has 1 N–H and O–H groups in total. The maximum absolute atomic E-state index is 12.6. The average Bonchev–Trinajstić information content (AvgIpc) is 3.49. The van der Waals surface area contributed by atoms with Gasteiger partial charge in [0.1, 0.15) is 6.61 Å². The van der Waals surface area contributed by atoms with Crippen LogP contribution in [0.1, 0.15) is 27.7 Å². The van der Waals surface area contributed by atoms with Gasteiger partial charge in [0.2, 0.25) is 11.8 Å². The van der Waals surface area contributed by atoms with Crippen molar-refractivity contribution in [3.63, 3.8) is 0 Å². The first kappa shape index (κ1) is 25.6. The lowest BCUT2D eigenvalue weighted by Gasteiger charge is -2.17. The third-order valence-corrected chi connectivity index (χ3v) is 7.45. The number of pyridine rings is 2. The lowest BCUT2D eigenvalue weighted by atomic mass is 10.2. The Balaban J connectivity index is 1.52. The van der Waals surface area contributed by atoms with Crippen molar-refractivity contribution in [2.75, 3.05) is 37.3 Å². The maximum Gasteiger partial charge on any atom is 0.254 e. The minimum atomic E-state index is -3.53. The Morgan fingerprint density at radius 3 is 2.72 bits per heavy atom. The molecule has 36 heavy (non-hydrogen) atoms. The van der Waals surface area contributed by atoms with Gasteiger partial charge in [0.25, 0.3) is 10.0 Å². The van der Waals surface area contributed by atoms with Crippen LogP contribution in [0.25, 0.3) is 16.9 Å². The summed E-state index contributed by atoms with van der Waals surface area (Å²) >= 11 is 0. The Hall–Kier alpha value is -3.51. The number of ether oxygens (including phenoxy) is 1. The van der Waals surface area contributed by atoms with Crippen LogP contribution >= 0.6 is 0 Å². The van der Waals surface area contributed by atoms with Gasteiger partial charge in [0.15, 0.2) is 5.65 Å². The van der Waals surface area contributed by atoms with Crippen molar-refractivity contribution in [3.05, 3.63) is 48.9 Å². The zero-order valence-electron chi connectivity index (χ0n) is 21.0. The van der Waals surface area contributed by atoms with Crippen LogP contribution in [0.2, 0.25) is 0 Å². The second kappa shape index (κ2) is 11.0. The number of likely N-dealkylation sites (N-methyl/N-ethyl adjacent to an activating group) is 1. The van der Waals surface area contributed by atoms with Gasteiger partial charge in [-0.3, -0.25) is 0 Å². The molecule has 0 spiro atoms. The first-order chi connectivity index (χ1) is 17.3. The molecule has 0 aliphatic heterocycles. The van der Waals surface area contributed by atoms with E-state index in [4.69, 9.17) is 4.74 Å². The topological polar surface area (TPSA) is 120 Å². The fourth-order valence-corrected chi connectivity index (χ4v) is 5.24. The number of rotatable bonds is 12. The van der Waals surface area contributed by atoms with E-state index in [1.807, 2.05) is 38.1 Å². The van der Waals surface area contributed by atoms with Crippen molar-refractivity contribution < 1.29 is 13.2 Å². The second-order valence-electron chi connectivity index (χ2n) is 8.77. The first-order valence-corrected chi connectivity index (χ1v) is 13.6. The monoisotopic (exact) mass is 512 g/mol. The number of nitrogens with one attached hydrogen (secondary N) is 1. The van der Waals surface area contributed by atoms with E-state index in [9.17, 15) is 8.42 Å². The van der Waals surface area contributed by atoms with Gasteiger partial charge in [-0.1, -0.05) is 33.8 Å². The molecule has 0 saturated heterocycles. The SMILES string of the molecule is CCN(CC)CCOc1cc(Nc2nc3cccc(-c4cnn(S(=O)(=O)CC(C)C)c4)n3n2)ccn1. The minimum absolute atomic E-state index is 0.00323.